The van der Waals surface area contributed by atoms with Gasteiger partial charge in [-0.1, -0.05) is 47.5 Å². The van der Waals surface area contributed by atoms with Crippen LogP contribution in [0.15, 0.2) is 59.5 Å². The summed E-state index contributed by atoms with van der Waals surface area (Å²) in [6.07, 6.45) is 1.64. The first-order valence-electron chi connectivity index (χ1n) is 10.2. The van der Waals surface area contributed by atoms with Gasteiger partial charge in [-0.25, -0.2) is 0 Å². The summed E-state index contributed by atoms with van der Waals surface area (Å²) >= 11 is 17.2. The van der Waals surface area contributed by atoms with Crippen LogP contribution in [-0.4, -0.2) is 21.0 Å². The molecule has 1 fully saturated rings. The third-order valence-corrected chi connectivity index (χ3v) is 8.32. The topological polar surface area (TPSA) is 89.8 Å². The lowest BCUT2D eigenvalue weighted by Gasteiger charge is -2.13. The largest absolute Gasteiger partial charge is 0.487 e. The molecule has 0 unspecified atom stereocenters. The van der Waals surface area contributed by atoms with Crippen molar-refractivity contribution in [1.82, 2.24) is 4.90 Å². The van der Waals surface area contributed by atoms with Crippen molar-refractivity contribution < 1.29 is 19.2 Å². The molecule has 2 amide bonds. The van der Waals surface area contributed by atoms with E-state index < -0.39 is 16.1 Å². The SMILES string of the molecule is O=C1S/C(=C\c2cc(I)c(OCc3ccc(Cl)c(Cl)c3)c(I)c2)C(=O)N1Cc1ccccc1[N+](=O)[O-]. The molecule has 3 aromatic carbocycles. The summed E-state index contributed by atoms with van der Waals surface area (Å²) in [6, 6.07) is 15.0. The third kappa shape index (κ3) is 6.15. The van der Waals surface area contributed by atoms with Gasteiger partial charge in [0, 0.05) is 11.6 Å². The molecule has 1 aliphatic heterocycles. The molecule has 184 valence electrons. The van der Waals surface area contributed by atoms with E-state index in [2.05, 4.69) is 45.2 Å². The standard InChI is InChI=1S/C24H14Cl2I2N2O5S/c25-16-6-5-13(7-17(16)26)12-35-22-18(27)8-14(9-19(22)28)10-21-23(31)29(24(32)36-21)11-15-3-1-2-4-20(15)30(33)34/h1-10H,11-12H2/b21-10-. The van der Waals surface area contributed by atoms with E-state index in [0.29, 0.717) is 28.0 Å². The van der Waals surface area contributed by atoms with Crippen LogP contribution < -0.4 is 4.74 Å². The van der Waals surface area contributed by atoms with Gasteiger partial charge in [-0.15, -0.1) is 0 Å². The Labute approximate surface area is 247 Å². The number of halogens is 4. The molecular formula is C24H14Cl2I2N2O5S. The number of nitro benzene ring substituents is 1. The molecular weight excluding hydrogens is 753 g/mol. The number of rotatable bonds is 7. The Morgan fingerprint density at radius 2 is 1.72 bits per heavy atom. The first-order chi connectivity index (χ1) is 17.1. The second-order valence-corrected chi connectivity index (χ2v) is 11.6. The van der Waals surface area contributed by atoms with Gasteiger partial charge in [-0.05, 0) is 98.4 Å². The second-order valence-electron chi connectivity index (χ2n) is 7.50. The van der Waals surface area contributed by atoms with Gasteiger partial charge in [0.25, 0.3) is 16.8 Å². The fourth-order valence-corrected chi connectivity index (χ4v) is 6.65. The lowest BCUT2D eigenvalue weighted by Crippen LogP contribution is -2.27. The Kier molecular flexibility index (Phi) is 8.81. The van der Waals surface area contributed by atoms with Crippen molar-refractivity contribution in [2.24, 2.45) is 0 Å². The summed E-state index contributed by atoms with van der Waals surface area (Å²) in [5.41, 5.74) is 1.74. The molecule has 0 radical (unpaired) electrons. The number of ether oxygens (including phenoxy) is 1. The van der Waals surface area contributed by atoms with Crippen molar-refractivity contribution in [2.75, 3.05) is 0 Å². The highest BCUT2D eigenvalue weighted by atomic mass is 127. The number of carbonyl (C=O) groups is 2. The van der Waals surface area contributed by atoms with Gasteiger partial charge in [0.2, 0.25) is 0 Å². The van der Waals surface area contributed by atoms with Crippen molar-refractivity contribution in [1.29, 1.82) is 0 Å². The minimum atomic E-state index is -0.528. The van der Waals surface area contributed by atoms with E-state index in [0.717, 1.165) is 34.9 Å². The minimum Gasteiger partial charge on any atom is -0.487 e. The predicted octanol–water partition coefficient (Wildman–Crippen LogP) is 7.93. The fourth-order valence-electron chi connectivity index (χ4n) is 3.37. The lowest BCUT2D eigenvalue weighted by molar-refractivity contribution is -0.385. The molecule has 0 spiro atoms. The molecule has 0 bridgehead atoms. The van der Waals surface area contributed by atoms with Crippen LogP contribution in [-0.2, 0) is 17.9 Å². The molecule has 1 heterocycles. The molecule has 0 atom stereocenters. The van der Waals surface area contributed by atoms with Crippen LogP contribution in [0.3, 0.4) is 0 Å². The molecule has 1 saturated heterocycles. The van der Waals surface area contributed by atoms with Crippen LogP contribution in [0.2, 0.25) is 10.0 Å². The van der Waals surface area contributed by atoms with E-state index in [1.807, 2.05) is 18.2 Å². The molecule has 3 aromatic rings. The lowest BCUT2D eigenvalue weighted by atomic mass is 10.1. The monoisotopic (exact) mass is 766 g/mol. The van der Waals surface area contributed by atoms with Crippen molar-refractivity contribution in [3.63, 3.8) is 0 Å². The highest BCUT2D eigenvalue weighted by Gasteiger charge is 2.36. The van der Waals surface area contributed by atoms with E-state index in [9.17, 15) is 19.7 Å². The first kappa shape index (κ1) is 27.2. The highest BCUT2D eigenvalue weighted by Crippen LogP contribution is 2.36. The van der Waals surface area contributed by atoms with E-state index in [4.69, 9.17) is 27.9 Å². The van der Waals surface area contributed by atoms with Crippen LogP contribution in [0.25, 0.3) is 6.08 Å². The molecule has 0 saturated carbocycles. The van der Waals surface area contributed by atoms with E-state index in [1.165, 1.54) is 18.2 Å². The van der Waals surface area contributed by atoms with Gasteiger partial charge in [0.1, 0.15) is 12.4 Å². The highest BCUT2D eigenvalue weighted by molar-refractivity contribution is 14.1. The Morgan fingerprint density at radius 1 is 1.03 bits per heavy atom. The molecule has 0 aromatic heterocycles. The number of nitro groups is 1. The fraction of sp³-hybridized carbons (Fsp3) is 0.0833. The van der Waals surface area contributed by atoms with Crippen molar-refractivity contribution >= 4 is 103 Å². The van der Waals surface area contributed by atoms with Gasteiger partial charge in [-0.3, -0.25) is 24.6 Å². The zero-order valence-electron chi connectivity index (χ0n) is 18.0. The average molecular weight is 767 g/mol. The number of thioether (sulfide) groups is 1. The summed E-state index contributed by atoms with van der Waals surface area (Å²) in [5.74, 6) is 0.192. The Hall–Kier alpha value is -1.87. The van der Waals surface area contributed by atoms with Gasteiger partial charge in [0.05, 0.1) is 33.6 Å². The Morgan fingerprint density at radius 3 is 2.39 bits per heavy atom. The Bertz CT molecular complexity index is 1410. The third-order valence-electron chi connectivity index (χ3n) is 5.08. The van der Waals surface area contributed by atoms with Crippen LogP contribution in [0.4, 0.5) is 10.5 Å². The smallest absolute Gasteiger partial charge is 0.293 e. The van der Waals surface area contributed by atoms with Gasteiger partial charge >= 0.3 is 0 Å². The van der Waals surface area contributed by atoms with Gasteiger partial charge < -0.3 is 4.74 Å². The average Bonchev–Trinajstić information content (AvgIpc) is 3.08. The van der Waals surface area contributed by atoms with Crippen LogP contribution in [0.5, 0.6) is 5.75 Å². The van der Waals surface area contributed by atoms with E-state index in [-0.39, 0.29) is 17.1 Å². The minimum absolute atomic E-state index is 0.138. The normalized spacial score (nSPS) is 14.6. The number of hydrogen-bond donors (Lipinski definition) is 0. The van der Waals surface area contributed by atoms with E-state index in [1.54, 1.807) is 24.3 Å². The predicted molar refractivity (Wildman–Crippen MR) is 157 cm³/mol. The molecule has 7 nitrogen and oxygen atoms in total. The number of carbonyl (C=O) groups excluding carboxylic acids is 2. The molecule has 12 heteroatoms. The summed E-state index contributed by atoms with van der Waals surface area (Å²) in [7, 11) is 0. The molecule has 1 aliphatic rings. The zero-order valence-corrected chi connectivity index (χ0v) is 24.7. The van der Waals surface area contributed by atoms with Crippen LogP contribution in [0, 0.1) is 17.3 Å². The quantitative estimate of drug-likeness (QED) is 0.105. The maximum Gasteiger partial charge on any atom is 0.293 e. The van der Waals surface area contributed by atoms with Crippen molar-refractivity contribution in [2.45, 2.75) is 13.2 Å². The number of benzene rings is 3. The van der Waals surface area contributed by atoms with Crippen molar-refractivity contribution in [3.8, 4) is 5.75 Å². The van der Waals surface area contributed by atoms with E-state index >= 15 is 0 Å². The summed E-state index contributed by atoms with van der Waals surface area (Å²) in [4.78, 5) is 37.5. The van der Waals surface area contributed by atoms with Crippen LogP contribution >= 0.6 is 80.1 Å². The zero-order chi connectivity index (χ0) is 26.0. The summed E-state index contributed by atoms with van der Waals surface area (Å²) in [5, 5.41) is 11.7. The number of imide groups is 1. The maximum absolute atomic E-state index is 13.0. The summed E-state index contributed by atoms with van der Waals surface area (Å²) in [6.45, 7) is 0.127. The van der Waals surface area contributed by atoms with Gasteiger partial charge in [0.15, 0.2) is 0 Å². The summed E-state index contributed by atoms with van der Waals surface area (Å²) < 4.78 is 7.65. The number of amides is 2. The maximum atomic E-state index is 13.0. The van der Waals surface area contributed by atoms with Crippen molar-refractivity contribution in [3.05, 3.63) is 103 Å². The number of para-hydroxylation sites is 1. The second kappa shape index (κ2) is 11.7. The van der Waals surface area contributed by atoms with Crippen LogP contribution in [0.1, 0.15) is 16.7 Å². The molecule has 4 rings (SSSR count). The van der Waals surface area contributed by atoms with Gasteiger partial charge in [-0.2, -0.15) is 0 Å². The molecule has 0 N–H and O–H groups in total. The molecule has 36 heavy (non-hydrogen) atoms. The first-order valence-corrected chi connectivity index (χ1v) is 13.9. The Balaban J connectivity index is 1.51. The number of hydrogen-bond acceptors (Lipinski definition) is 6. The number of nitrogens with zero attached hydrogens (tertiary/aromatic N) is 2. The molecule has 0 aliphatic carbocycles.